The first kappa shape index (κ1) is 18.9. The number of piperazine rings is 1. The van der Waals surface area contributed by atoms with Crippen LogP contribution in [0, 0.1) is 0 Å². The van der Waals surface area contributed by atoms with Gasteiger partial charge in [0.15, 0.2) is 6.54 Å². The fourth-order valence-electron chi connectivity index (χ4n) is 4.61. The topological polar surface area (TPSA) is 28.0 Å². The summed E-state index contributed by atoms with van der Waals surface area (Å²) in [5, 5.41) is 4.36. The molecule has 4 nitrogen and oxygen atoms in total. The van der Waals surface area contributed by atoms with Crippen LogP contribution in [0.2, 0.25) is 0 Å². The number of amides is 1. The lowest BCUT2D eigenvalue weighted by Gasteiger charge is -2.38. The van der Waals surface area contributed by atoms with Gasteiger partial charge >= 0.3 is 0 Å². The van der Waals surface area contributed by atoms with Crippen LogP contribution in [0.4, 0.5) is 5.69 Å². The maximum atomic E-state index is 13.2. The molecule has 1 N–H and O–H groups in total. The van der Waals surface area contributed by atoms with Gasteiger partial charge in [0.2, 0.25) is 0 Å². The van der Waals surface area contributed by atoms with E-state index in [2.05, 4.69) is 63.0 Å². The maximum absolute atomic E-state index is 13.2. The molecule has 2 aliphatic rings. The Kier molecular flexibility index (Phi) is 5.40. The highest BCUT2D eigenvalue weighted by Gasteiger charge is 2.36. The molecular formula is C23H26N3OS2+. The van der Waals surface area contributed by atoms with Crippen molar-refractivity contribution in [3.05, 3.63) is 74.6 Å². The first-order valence-electron chi connectivity index (χ1n) is 10.3. The van der Waals surface area contributed by atoms with E-state index in [0.717, 1.165) is 39.1 Å². The molecule has 0 radical (unpaired) electrons. The Labute approximate surface area is 180 Å². The maximum Gasteiger partial charge on any atom is 0.277 e. The lowest BCUT2D eigenvalue weighted by Crippen LogP contribution is -3.14. The van der Waals surface area contributed by atoms with E-state index in [1.807, 2.05) is 28.7 Å². The van der Waals surface area contributed by atoms with E-state index in [4.69, 9.17) is 0 Å². The van der Waals surface area contributed by atoms with E-state index >= 15 is 0 Å². The molecule has 29 heavy (non-hydrogen) atoms. The summed E-state index contributed by atoms with van der Waals surface area (Å²) in [6, 6.07) is 17.4. The zero-order valence-electron chi connectivity index (χ0n) is 16.4. The summed E-state index contributed by atoms with van der Waals surface area (Å²) >= 11 is 3.68. The second-order valence-electron chi connectivity index (χ2n) is 7.79. The number of fused-ring (bicyclic) bond motifs is 1. The summed E-state index contributed by atoms with van der Waals surface area (Å²) in [5.41, 5.74) is 2.68. The number of para-hydroxylation sites is 1. The van der Waals surface area contributed by atoms with Gasteiger partial charge in [0.1, 0.15) is 6.04 Å². The number of quaternary nitrogens is 1. The summed E-state index contributed by atoms with van der Waals surface area (Å²) in [6.45, 7) is 5.07. The molecule has 0 saturated carbocycles. The minimum Gasteiger partial charge on any atom is -0.368 e. The van der Waals surface area contributed by atoms with Gasteiger partial charge in [-0.3, -0.25) is 4.79 Å². The third kappa shape index (κ3) is 3.84. The van der Waals surface area contributed by atoms with Crippen molar-refractivity contribution in [3.63, 3.8) is 0 Å². The number of hydrogen-bond acceptors (Lipinski definition) is 4. The highest BCUT2D eigenvalue weighted by Crippen LogP contribution is 2.31. The summed E-state index contributed by atoms with van der Waals surface area (Å²) < 4.78 is 0. The Morgan fingerprint density at radius 1 is 0.966 bits per heavy atom. The molecule has 0 aliphatic carbocycles. The monoisotopic (exact) mass is 424 g/mol. The molecular weight excluding hydrogens is 398 g/mol. The normalized spacial score (nSPS) is 21.8. The quantitative estimate of drug-likeness (QED) is 0.698. The molecule has 2 aliphatic heterocycles. The van der Waals surface area contributed by atoms with Crippen molar-refractivity contribution in [3.8, 4) is 0 Å². The fourth-order valence-corrected chi connectivity index (χ4v) is 6.43. The van der Waals surface area contributed by atoms with Gasteiger partial charge in [0, 0.05) is 48.7 Å². The molecule has 150 valence electrons. The SMILES string of the molecule is O=C(C[NH+]1CCc2sccc2[C@H]1c1cccs1)N1CCN(c2ccccc2)CC1. The third-order valence-electron chi connectivity index (χ3n) is 6.13. The molecule has 1 unspecified atom stereocenters. The molecule has 1 aromatic carbocycles. The molecule has 1 amide bonds. The Morgan fingerprint density at radius 2 is 1.79 bits per heavy atom. The van der Waals surface area contributed by atoms with Crippen molar-refractivity contribution in [2.45, 2.75) is 12.5 Å². The average Bonchev–Trinajstić information content (AvgIpc) is 3.46. The molecule has 5 rings (SSSR count). The van der Waals surface area contributed by atoms with Crippen LogP contribution in [0.1, 0.15) is 21.4 Å². The van der Waals surface area contributed by atoms with Crippen molar-refractivity contribution in [1.29, 1.82) is 0 Å². The molecule has 2 aromatic heterocycles. The summed E-state index contributed by atoms with van der Waals surface area (Å²) in [4.78, 5) is 21.9. The van der Waals surface area contributed by atoms with Crippen molar-refractivity contribution >= 4 is 34.3 Å². The highest BCUT2D eigenvalue weighted by molar-refractivity contribution is 7.10. The van der Waals surface area contributed by atoms with E-state index < -0.39 is 0 Å². The Hall–Kier alpha value is -2.15. The predicted molar refractivity (Wildman–Crippen MR) is 120 cm³/mol. The molecule has 1 saturated heterocycles. The van der Waals surface area contributed by atoms with Gasteiger partial charge in [-0.2, -0.15) is 0 Å². The van der Waals surface area contributed by atoms with Crippen LogP contribution in [0.5, 0.6) is 0 Å². The van der Waals surface area contributed by atoms with Gasteiger partial charge in [-0.15, -0.1) is 22.7 Å². The minimum absolute atomic E-state index is 0.299. The number of carbonyl (C=O) groups excluding carboxylic acids is 1. The van der Waals surface area contributed by atoms with Crippen LogP contribution >= 0.6 is 22.7 Å². The first-order chi connectivity index (χ1) is 14.3. The van der Waals surface area contributed by atoms with Gasteiger partial charge in [-0.25, -0.2) is 0 Å². The number of thiophene rings is 2. The Bertz CT molecular complexity index is 946. The van der Waals surface area contributed by atoms with Crippen LogP contribution in [0.3, 0.4) is 0 Å². The van der Waals surface area contributed by atoms with Crippen LogP contribution in [0.15, 0.2) is 59.3 Å². The largest absolute Gasteiger partial charge is 0.368 e. The molecule has 2 atom stereocenters. The summed E-state index contributed by atoms with van der Waals surface area (Å²) in [7, 11) is 0. The van der Waals surface area contributed by atoms with Gasteiger partial charge in [-0.05, 0) is 35.0 Å². The second kappa shape index (κ2) is 8.30. The van der Waals surface area contributed by atoms with Crippen molar-refractivity contribution in [2.75, 3.05) is 44.2 Å². The lowest BCUT2D eigenvalue weighted by atomic mass is 9.98. The third-order valence-corrected chi connectivity index (χ3v) is 8.07. The number of nitrogens with one attached hydrogen (secondary N) is 1. The molecule has 6 heteroatoms. The first-order valence-corrected chi connectivity index (χ1v) is 12.1. The zero-order valence-corrected chi connectivity index (χ0v) is 18.1. The van der Waals surface area contributed by atoms with Gasteiger partial charge in [-0.1, -0.05) is 24.3 Å². The van der Waals surface area contributed by atoms with Crippen LogP contribution in [-0.4, -0.2) is 50.1 Å². The van der Waals surface area contributed by atoms with Gasteiger partial charge < -0.3 is 14.7 Å². The van der Waals surface area contributed by atoms with E-state index in [1.54, 1.807) is 0 Å². The van der Waals surface area contributed by atoms with E-state index in [0.29, 0.717) is 18.5 Å². The molecule has 0 bridgehead atoms. The molecule has 4 heterocycles. The summed E-state index contributed by atoms with van der Waals surface area (Å²) in [6.07, 6.45) is 1.08. The molecule has 0 spiro atoms. The fraction of sp³-hybridized carbons (Fsp3) is 0.348. The minimum atomic E-state index is 0.299. The number of nitrogens with zero attached hydrogens (tertiary/aromatic N) is 2. The standard InChI is InChI=1S/C23H25N3OS2/c27-22(25-13-11-24(12-14-25)18-5-2-1-3-6-18)17-26-10-8-20-19(9-16-29-20)23(26)21-7-4-15-28-21/h1-7,9,15-16,23H,8,10-14,17H2/p+1/t23-/m0/s1. The van der Waals surface area contributed by atoms with Gasteiger partial charge in [0.25, 0.3) is 5.91 Å². The number of anilines is 1. The van der Waals surface area contributed by atoms with Crippen molar-refractivity contribution in [1.82, 2.24) is 4.90 Å². The molecule has 3 aromatic rings. The Balaban J connectivity index is 1.26. The number of carbonyl (C=O) groups is 1. The zero-order chi connectivity index (χ0) is 19.6. The second-order valence-corrected chi connectivity index (χ2v) is 9.77. The smallest absolute Gasteiger partial charge is 0.277 e. The number of hydrogen-bond donors (Lipinski definition) is 1. The number of rotatable bonds is 4. The van der Waals surface area contributed by atoms with Crippen molar-refractivity contribution < 1.29 is 9.69 Å². The average molecular weight is 425 g/mol. The Morgan fingerprint density at radius 3 is 2.55 bits per heavy atom. The predicted octanol–water partition coefficient (Wildman–Crippen LogP) is 2.69. The van der Waals surface area contributed by atoms with E-state index in [-0.39, 0.29) is 0 Å². The lowest BCUT2D eigenvalue weighted by molar-refractivity contribution is -0.919. The van der Waals surface area contributed by atoms with Gasteiger partial charge in [0.05, 0.1) is 11.4 Å². The van der Waals surface area contributed by atoms with Crippen LogP contribution < -0.4 is 9.80 Å². The number of benzene rings is 1. The van der Waals surface area contributed by atoms with Crippen molar-refractivity contribution in [2.24, 2.45) is 0 Å². The molecule has 1 fully saturated rings. The summed E-state index contributed by atoms with van der Waals surface area (Å²) in [5.74, 6) is 0.299. The van der Waals surface area contributed by atoms with Crippen LogP contribution in [0.25, 0.3) is 0 Å². The van der Waals surface area contributed by atoms with Crippen LogP contribution in [-0.2, 0) is 11.2 Å². The highest BCUT2D eigenvalue weighted by atomic mass is 32.1. The van der Waals surface area contributed by atoms with E-state index in [1.165, 1.54) is 25.9 Å². The van der Waals surface area contributed by atoms with E-state index in [9.17, 15) is 4.79 Å².